The number of hydrogen-bond acceptors (Lipinski definition) is 6. The number of ether oxygens (including phenoxy) is 3. The second kappa shape index (κ2) is 6.21. The van der Waals surface area contributed by atoms with E-state index in [1.54, 1.807) is 52.0 Å². The number of aliphatic hydroxyl groups is 1. The summed E-state index contributed by atoms with van der Waals surface area (Å²) in [5.74, 6) is -3.10. The third kappa shape index (κ3) is 3.04. The van der Waals surface area contributed by atoms with Crippen LogP contribution in [0.2, 0.25) is 0 Å². The monoisotopic (exact) mass is 360 g/mol. The normalized spacial score (nSPS) is 39.5. The van der Waals surface area contributed by atoms with Gasteiger partial charge in [-0.2, -0.15) is 0 Å². The number of hydrogen-bond donors (Lipinski definition) is 1. The average molecular weight is 360 g/mol. The molecule has 0 aliphatic carbocycles. The van der Waals surface area contributed by atoms with Crippen LogP contribution in [0.4, 0.5) is 0 Å². The van der Waals surface area contributed by atoms with Crippen molar-refractivity contribution >= 4 is 11.9 Å². The van der Waals surface area contributed by atoms with Gasteiger partial charge in [0, 0.05) is 17.6 Å². The highest BCUT2D eigenvalue weighted by molar-refractivity contribution is 5.92. The zero-order valence-electron chi connectivity index (χ0n) is 15.4. The van der Waals surface area contributed by atoms with E-state index in [1.165, 1.54) is 0 Å². The van der Waals surface area contributed by atoms with Crippen LogP contribution in [0.1, 0.15) is 34.1 Å². The molecule has 0 radical (unpaired) electrons. The van der Waals surface area contributed by atoms with E-state index in [2.05, 4.69) is 6.58 Å². The molecule has 5 unspecified atom stereocenters. The fraction of sp³-hybridized carbons (Fsp3) is 0.500. The lowest BCUT2D eigenvalue weighted by Gasteiger charge is -2.33. The Morgan fingerprint density at radius 2 is 2.15 bits per heavy atom. The molecule has 6 nitrogen and oxygen atoms in total. The van der Waals surface area contributed by atoms with Gasteiger partial charge in [-0.15, -0.1) is 0 Å². The molecule has 1 saturated heterocycles. The van der Waals surface area contributed by atoms with Crippen LogP contribution in [0, 0.1) is 5.92 Å². The average Bonchev–Trinajstić information content (AvgIpc) is 3.03. The van der Waals surface area contributed by atoms with Crippen molar-refractivity contribution in [3.05, 3.63) is 47.6 Å². The first-order valence-corrected chi connectivity index (χ1v) is 8.64. The van der Waals surface area contributed by atoms with Crippen LogP contribution in [0.25, 0.3) is 0 Å². The molecule has 0 aromatic heterocycles. The SMILES string of the molecule is C=C1C(=O)OC2C=C(C)C3(O)C=CC(C)(CC(OC(=O)C(C)=CC)C12)O3. The van der Waals surface area contributed by atoms with Crippen LogP contribution in [0.5, 0.6) is 0 Å². The van der Waals surface area contributed by atoms with E-state index in [0.717, 1.165) is 0 Å². The number of fused-ring (bicyclic) bond motifs is 3. The Labute approximate surface area is 152 Å². The Bertz CT molecular complexity index is 760. The Balaban J connectivity index is 2.04. The molecule has 140 valence electrons. The molecule has 5 atom stereocenters. The van der Waals surface area contributed by atoms with Gasteiger partial charge in [0.25, 0.3) is 0 Å². The first kappa shape index (κ1) is 18.6. The maximum Gasteiger partial charge on any atom is 0.334 e. The summed E-state index contributed by atoms with van der Waals surface area (Å²) < 4.78 is 17.0. The van der Waals surface area contributed by atoms with Gasteiger partial charge in [-0.05, 0) is 45.4 Å². The summed E-state index contributed by atoms with van der Waals surface area (Å²) in [6, 6.07) is 0. The first-order valence-electron chi connectivity index (χ1n) is 8.64. The molecule has 0 saturated carbocycles. The maximum atomic E-state index is 12.4. The lowest BCUT2D eigenvalue weighted by Crippen LogP contribution is -2.40. The van der Waals surface area contributed by atoms with Gasteiger partial charge in [0.1, 0.15) is 12.2 Å². The molecule has 0 amide bonds. The third-order valence-corrected chi connectivity index (χ3v) is 5.31. The van der Waals surface area contributed by atoms with Gasteiger partial charge >= 0.3 is 11.9 Å². The van der Waals surface area contributed by atoms with E-state index in [4.69, 9.17) is 14.2 Å². The molecular weight excluding hydrogens is 336 g/mol. The quantitative estimate of drug-likeness (QED) is 0.462. The minimum absolute atomic E-state index is 0.256. The van der Waals surface area contributed by atoms with E-state index in [-0.39, 0.29) is 12.0 Å². The zero-order chi connectivity index (χ0) is 19.3. The molecule has 0 aromatic carbocycles. The van der Waals surface area contributed by atoms with E-state index in [9.17, 15) is 14.7 Å². The molecule has 3 rings (SSSR count). The van der Waals surface area contributed by atoms with Gasteiger partial charge < -0.3 is 19.3 Å². The number of esters is 2. The summed E-state index contributed by atoms with van der Waals surface area (Å²) in [4.78, 5) is 24.5. The predicted molar refractivity (Wildman–Crippen MR) is 93.8 cm³/mol. The first-order chi connectivity index (χ1) is 12.1. The lowest BCUT2D eigenvalue weighted by atomic mass is 9.83. The van der Waals surface area contributed by atoms with Crippen LogP contribution in [-0.2, 0) is 23.8 Å². The predicted octanol–water partition coefficient (Wildman–Crippen LogP) is 2.35. The van der Waals surface area contributed by atoms with Crippen LogP contribution in [-0.4, -0.2) is 40.6 Å². The van der Waals surface area contributed by atoms with Gasteiger partial charge in [0.05, 0.1) is 11.5 Å². The summed E-state index contributed by atoms with van der Waals surface area (Å²) >= 11 is 0. The van der Waals surface area contributed by atoms with Crippen molar-refractivity contribution in [1.29, 1.82) is 0 Å². The van der Waals surface area contributed by atoms with Crippen LogP contribution in [0.15, 0.2) is 47.6 Å². The van der Waals surface area contributed by atoms with Crippen molar-refractivity contribution in [3.8, 4) is 0 Å². The topological polar surface area (TPSA) is 82.1 Å². The van der Waals surface area contributed by atoms with E-state index >= 15 is 0 Å². The fourth-order valence-corrected chi connectivity index (χ4v) is 3.57. The van der Waals surface area contributed by atoms with Gasteiger partial charge in [0.2, 0.25) is 5.79 Å². The van der Waals surface area contributed by atoms with Gasteiger partial charge in [0.15, 0.2) is 0 Å². The molecule has 3 heterocycles. The molecular formula is C20H24O6. The Hall–Kier alpha value is -2.18. The summed E-state index contributed by atoms with van der Waals surface area (Å²) in [5.41, 5.74) is 0.367. The molecule has 1 N–H and O–H groups in total. The Morgan fingerprint density at radius 3 is 2.81 bits per heavy atom. The molecule has 26 heavy (non-hydrogen) atoms. The van der Waals surface area contributed by atoms with Crippen molar-refractivity contribution < 1.29 is 28.9 Å². The minimum Gasteiger partial charge on any atom is -0.458 e. The van der Waals surface area contributed by atoms with Crippen LogP contribution >= 0.6 is 0 Å². The third-order valence-electron chi connectivity index (χ3n) is 5.31. The summed E-state index contributed by atoms with van der Waals surface area (Å²) in [6.07, 6.45) is 5.52. The van der Waals surface area contributed by atoms with Crippen molar-refractivity contribution in [2.45, 2.75) is 57.7 Å². The van der Waals surface area contributed by atoms with Crippen molar-refractivity contribution in [3.63, 3.8) is 0 Å². The molecule has 3 aliphatic rings. The molecule has 6 heteroatoms. The van der Waals surface area contributed by atoms with Gasteiger partial charge in [-0.1, -0.05) is 18.7 Å². The van der Waals surface area contributed by atoms with Crippen LogP contribution in [0.3, 0.4) is 0 Å². The van der Waals surface area contributed by atoms with E-state index < -0.39 is 41.5 Å². The van der Waals surface area contributed by atoms with Crippen molar-refractivity contribution in [2.75, 3.05) is 0 Å². The highest BCUT2D eigenvalue weighted by Gasteiger charge is 2.52. The van der Waals surface area contributed by atoms with E-state index in [0.29, 0.717) is 11.1 Å². The van der Waals surface area contributed by atoms with E-state index in [1.807, 2.05) is 0 Å². The van der Waals surface area contributed by atoms with Crippen molar-refractivity contribution in [2.24, 2.45) is 5.92 Å². The largest absolute Gasteiger partial charge is 0.458 e. The highest BCUT2D eigenvalue weighted by Crippen LogP contribution is 2.44. The van der Waals surface area contributed by atoms with Crippen LogP contribution < -0.4 is 0 Å². The second-order valence-corrected chi connectivity index (χ2v) is 7.33. The summed E-state index contributed by atoms with van der Waals surface area (Å²) in [6.45, 7) is 10.8. The van der Waals surface area contributed by atoms with Crippen molar-refractivity contribution in [1.82, 2.24) is 0 Å². The molecule has 1 fully saturated rings. The lowest BCUT2D eigenvalue weighted by molar-refractivity contribution is -0.188. The smallest absolute Gasteiger partial charge is 0.334 e. The zero-order valence-corrected chi connectivity index (χ0v) is 15.4. The molecule has 2 bridgehead atoms. The standard InChI is InChI=1S/C20H24O6/c1-6-11(2)17(21)25-15-10-19(5)7-8-20(23,26-19)12(3)9-14-16(15)13(4)18(22)24-14/h6-9,14-16,23H,4,10H2,1-3,5H3. The fourth-order valence-electron chi connectivity index (χ4n) is 3.57. The Morgan fingerprint density at radius 1 is 1.46 bits per heavy atom. The number of allylic oxidation sites excluding steroid dienone is 1. The molecule has 3 aliphatic heterocycles. The minimum atomic E-state index is -1.58. The Kier molecular flexibility index (Phi) is 4.45. The second-order valence-electron chi connectivity index (χ2n) is 7.33. The maximum absolute atomic E-state index is 12.4. The summed E-state index contributed by atoms with van der Waals surface area (Å²) in [5, 5.41) is 10.8. The summed E-state index contributed by atoms with van der Waals surface area (Å²) in [7, 11) is 0. The number of carbonyl (C=O) groups excluding carboxylic acids is 2. The number of carbonyl (C=O) groups is 2. The molecule has 0 spiro atoms. The van der Waals surface area contributed by atoms with Gasteiger partial charge in [-0.3, -0.25) is 0 Å². The van der Waals surface area contributed by atoms with Gasteiger partial charge in [-0.25, -0.2) is 9.59 Å². The number of rotatable bonds is 2. The highest BCUT2D eigenvalue weighted by atomic mass is 16.6. The molecule has 0 aromatic rings.